The first-order valence-electron chi connectivity index (χ1n) is 5.93. The number of anilines is 1. The summed E-state index contributed by atoms with van der Waals surface area (Å²) in [6.45, 7) is 0.397. The van der Waals surface area contributed by atoms with Gasteiger partial charge in [0.05, 0.1) is 12.8 Å². The summed E-state index contributed by atoms with van der Waals surface area (Å²) in [4.78, 5) is 11.8. The van der Waals surface area contributed by atoms with Crippen LogP contribution in [0.5, 0.6) is 11.5 Å². The number of rotatable bonds is 6. The van der Waals surface area contributed by atoms with Crippen LogP contribution in [0.2, 0.25) is 0 Å². The molecule has 0 aromatic heterocycles. The van der Waals surface area contributed by atoms with Crippen molar-refractivity contribution in [1.82, 2.24) is 0 Å². The summed E-state index contributed by atoms with van der Waals surface area (Å²) in [5.74, 6) is -0.122. The lowest BCUT2D eigenvalue weighted by Gasteiger charge is -2.19. The highest BCUT2D eigenvalue weighted by Gasteiger charge is 2.19. The Morgan fingerprint density at radius 1 is 1.45 bits per heavy atom. The lowest BCUT2D eigenvalue weighted by atomic mass is 10.0. The van der Waals surface area contributed by atoms with Crippen LogP contribution in [0.15, 0.2) is 18.2 Å². The molecule has 0 saturated carbocycles. The first-order valence-corrected chi connectivity index (χ1v) is 5.93. The molecule has 0 aliphatic rings. The number of methoxy groups -OCH3 is 1. The molecule has 0 aliphatic heterocycles. The Hall–Kier alpha value is -1.89. The van der Waals surface area contributed by atoms with Crippen LogP contribution in [0.1, 0.15) is 20.3 Å². The van der Waals surface area contributed by atoms with E-state index in [4.69, 9.17) is 10.5 Å². The van der Waals surface area contributed by atoms with Crippen molar-refractivity contribution >= 4 is 11.6 Å². The number of carbonyl (C=O) groups is 1. The van der Waals surface area contributed by atoms with Gasteiger partial charge in [0.1, 0.15) is 11.5 Å². The van der Waals surface area contributed by atoms with Crippen molar-refractivity contribution in [2.24, 2.45) is 5.73 Å². The van der Waals surface area contributed by atoms with E-state index in [9.17, 15) is 13.6 Å². The molecule has 112 valence electrons. The van der Waals surface area contributed by atoms with Crippen LogP contribution in [-0.2, 0) is 4.79 Å². The molecule has 0 saturated heterocycles. The van der Waals surface area contributed by atoms with E-state index in [0.29, 0.717) is 5.75 Å². The third-order valence-corrected chi connectivity index (χ3v) is 2.29. The van der Waals surface area contributed by atoms with Crippen molar-refractivity contribution in [3.63, 3.8) is 0 Å². The molecule has 0 spiro atoms. The minimum atomic E-state index is -2.98. The van der Waals surface area contributed by atoms with Crippen molar-refractivity contribution < 1.29 is 23.0 Å². The van der Waals surface area contributed by atoms with E-state index in [0.717, 1.165) is 0 Å². The molecular formula is C13H18F2N2O3. The summed E-state index contributed by atoms with van der Waals surface area (Å²) in [5, 5.41) is 2.49. The molecule has 3 N–H and O–H groups in total. The highest BCUT2D eigenvalue weighted by Crippen LogP contribution is 2.30. The van der Waals surface area contributed by atoms with Gasteiger partial charge in [-0.25, -0.2) is 0 Å². The van der Waals surface area contributed by atoms with Gasteiger partial charge in [-0.2, -0.15) is 8.78 Å². The minimum Gasteiger partial charge on any atom is -0.497 e. The van der Waals surface area contributed by atoms with Crippen LogP contribution in [0.25, 0.3) is 0 Å². The fourth-order valence-electron chi connectivity index (χ4n) is 1.54. The van der Waals surface area contributed by atoms with Crippen molar-refractivity contribution in [1.29, 1.82) is 0 Å². The zero-order chi connectivity index (χ0) is 15.3. The molecule has 0 atom stereocenters. The summed E-state index contributed by atoms with van der Waals surface area (Å²) in [7, 11) is 1.43. The molecule has 0 bridgehead atoms. The topological polar surface area (TPSA) is 73.6 Å². The normalized spacial score (nSPS) is 11.3. The minimum absolute atomic E-state index is 0.0400. The largest absolute Gasteiger partial charge is 0.497 e. The van der Waals surface area contributed by atoms with E-state index in [1.165, 1.54) is 25.3 Å². The maximum atomic E-state index is 12.3. The lowest BCUT2D eigenvalue weighted by molar-refractivity contribution is -0.117. The van der Waals surface area contributed by atoms with Gasteiger partial charge in [-0.15, -0.1) is 0 Å². The van der Waals surface area contributed by atoms with Gasteiger partial charge < -0.3 is 20.5 Å². The smallest absolute Gasteiger partial charge is 0.387 e. The number of ether oxygens (including phenoxy) is 2. The number of halogens is 2. The molecule has 20 heavy (non-hydrogen) atoms. The fraction of sp³-hybridized carbons (Fsp3) is 0.462. The highest BCUT2D eigenvalue weighted by molar-refractivity contribution is 5.93. The molecular weight excluding hydrogens is 270 g/mol. The number of nitrogens with two attached hydrogens (primary N) is 1. The molecule has 1 aromatic carbocycles. The SMILES string of the molecule is COc1ccc(OC(F)F)c(NC(=O)CC(C)(C)N)c1. The number of carbonyl (C=O) groups excluding carboxylic acids is 1. The predicted molar refractivity (Wildman–Crippen MR) is 71.1 cm³/mol. The second kappa shape index (κ2) is 6.51. The zero-order valence-corrected chi connectivity index (χ0v) is 11.6. The summed E-state index contributed by atoms with van der Waals surface area (Å²) >= 11 is 0. The van der Waals surface area contributed by atoms with E-state index < -0.39 is 18.1 Å². The Morgan fingerprint density at radius 2 is 2.10 bits per heavy atom. The molecule has 0 unspecified atom stereocenters. The van der Waals surface area contributed by atoms with Crippen LogP contribution in [-0.4, -0.2) is 25.2 Å². The summed E-state index contributed by atoms with van der Waals surface area (Å²) in [6.07, 6.45) is 0.0400. The van der Waals surface area contributed by atoms with Crippen LogP contribution in [0.3, 0.4) is 0 Å². The van der Waals surface area contributed by atoms with Crippen LogP contribution >= 0.6 is 0 Å². The maximum absolute atomic E-state index is 12.3. The fourth-order valence-corrected chi connectivity index (χ4v) is 1.54. The quantitative estimate of drug-likeness (QED) is 0.842. The number of alkyl halides is 2. The van der Waals surface area contributed by atoms with Gasteiger partial charge in [-0.05, 0) is 26.0 Å². The Kier molecular flexibility index (Phi) is 5.26. The van der Waals surface area contributed by atoms with E-state index in [2.05, 4.69) is 10.1 Å². The monoisotopic (exact) mass is 288 g/mol. The molecule has 1 amide bonds. The van der Waals surface area contributed by atoms with E-state index in [1.807, 2.05) is 0 Å². The molecule has 1 aromatic rings. The van der Waals surface area contributed by atoms with E-state index >= 15 is 0 Å². The number of hydrogen-bond acceptors (Lipinski definition) is 4. The van der Waals surface area contributed by atoms with E-state index in [-0.39, 0.29) is 17.9 Å². The van der Waals surface area contributed by atoms with Gasteiger partial charge in [0.2, 0.25) is 5.91 Å². The number of hydrogen-bond donors (Lipinski definition) is 2. The predicted octanol–water partition coefficient (Wildman–Crippen LogP) is 2.36. The van der Waals surface area contributed by atoms with Gasteiger partial charge >= 0.3 is 6.61 Å². The van der Waals surface area contributed by atoms with Crippen molar-refractivity contribution in [3.8, 4) is 11.5 Å². The lowest BCUT2D eigenvalue weighted by Crippen LogP contribution is -2.36. The zero-order valence-electron chi connectivity index (χ0n) is 11.6. The Labute approximate surface area is 116 Å². The van der Waals surface area contributed by atoms with Gasteiger partial charge in [0.15, 0.2) is 0 Å². The Balaban J connectivity index is 2.92. The Morgan fingerprint density at radius 3 is 2.60 bits per heavy atom. The van der Waals surface area contributed by atoms with Crippen LogP contribution < -0.4 is 20.5 Å². The number of benzene rings is 1. The number of nitrogens with one attached hydrogen (secondary N) is 1. The summed E-state index contributed by atoms with van der Waals surface area (Å²) in [5.41, 5.74) is 5.14. The van der Waals surface area contributed by atoms with Crippen LogP contribution in [0, 0.1) is 0 Å². The first kappa shape index (κ1) is 16.2. The van der Waals surface area contributed by atoms with Crippen LogP contribution in [0.4, 0.5) is 14.5 Å². The molecule has 7 heteroatoms. The second-order valence-electron chi connectivity index (χ2n) is 4.95. The van der Waals surface area contributed by atoms with Crippen molar-refractivity contribution in [3.05, 3.63) is 18.2 Å². The van der Waals surface area contributed by atoms with Crippen molar-refractivity contribution in [2.45, 2.75) is 32.4 Å². The number of amides is 1. The van der Waals surface area contributed by atoms with Gasteiger partial charge in [0.25, 0.3) is 0 Å². The molecule has 0 radical (unpaired) electrons. The highest BCUT2D eigenvalue weighted by atomic mass is 19.3. The average Bonchev–Trinajstić information content (AvgIpc) is 2.28. The third-order valence-electron chi connectivity index (χ3n) is 2.29. The van der Waals surface area contributed by atoms with Gasteiger partial charge in [-0.3, -0.25) is 4.79 Å². The summed E-state index contributed by atoms with van der Waals surface area (Å²) < 4.78 is 33.9. The first-order chi connectivity index (χ1) is 9.21. The Bertz CT molecular complexity index is 473. The second-order valence-corrected chi connectivity index (χ2v) is 4.95. The average molecular weight is 288 g/mol. The van der Waals surface area contributed by atoms with E-state index in [1.54, 1.807) is 13.8 Å². The van der Waals surface area contributed by atoms with Crippen molar-refractivity contribution in [2.75, 3.05) is 12.4 Å². The third kappa shape index (κ3) is 5.40. The molecule has 0 fully saturated rings. The maximum Gasteiger partial charge on any atom is 0.387 e. The van der Waals surface area contributed by atoms with Gasteiger partial charge in [0, 0.05) is 18.0 Å². The standard InChI is InChI=1S/C13H18F2N2O3/c1-13(2,16)7-11(18)17-9-6-8(19-3)4-5-10(9)20-12(14)15/h4-6,12H,7,16H2,1-3H3,(H,17,18). The van der Waals surface area contributed by atoms with Gasteiger partial charge in [-0.1, -0.05) is 0 Å². The molecule has 0 aliphatic carbocycles. The molecule has 0 heterocycles. The molecule has 5 nitrogen and oxygen atoms in total. The summed E-state index contributed by atoms with van der Waals surface area (Å²) in [6, 6.07) is 4.16. The molecule has 1 rings (SSSR count).